The van der Waals surface area contributed by atoms with E-state index in [1.165, 1.54) is 12.7 Å². The number of imidazole rings is 1. The molecule has 16 heavy (non-hydrogen) atoms. The largest absolute Gasteiger partial charge is 0.394 e. The standard InChI is InChI=1S/C8H9ClN4O2.ClH/c9-7-6-8(11-3-10-7)13(4-12-6)1-5(15)2-14;/h3-5,14-15H,1-2H2;1H. The molecule has 1 unspecified atom stereocenters. The Bertz CT molecular complexity index is 476. The van der Waals surface area contributed by atoms with Gasteiger partial charge in [0.2, 0.25) is 0 Å². The highest BCUT2D eigenvalue weighted by Gasteiger charge is 2.10. The lowest BCUT2D eigenvalue weighted by Gasteiger charge is -2.07. The Morgan fingerprint density at radius 1 is 1.38 bits per heavy atom. The number of aliphatic hydroxyl groups is 2. The topological polar surface area (TPSA) is 84.1 Å². The number of aromatic nitrogens is 4. The van der Waals surface area contributed by atoms with Crippen molar-refractivity contribution in [3.63, 3.8) is 0 Å². The first-order valence-electron chi connectivity index (χ1n) is 4.32. The van der Waals surface area contributed by atoms with E-state index in [1.54, 1.807) is 4.57 Å². The van der Waals surface area contributed by atoms with Crippen LogP contribution in [-0.2, 0) is 6.54 Å². The summed E-state index contributed by atoms with van der Waals surface area (Å²) in [6.45, 7) is -0.0845. The number of hydrogen-bond acceptors (Lipinski definition) is 5. The second kappa shape index (κ2) is 5.40. The molecule has 2 N–H and O–H groups in total. The first-order chi connectivity index (χ1) is 7.22. The molecular formula is C8H10Cl2N4O2. The van der Waals surface area contributed by atoms with E-state index in [2.05, 4.69) is 15.0 Å². The molecule has 88 valence electrons. The maximum Gasteiger partial charge on any atom is 0.164 e. The molecule has 2 rings (SSSR count). The third-order valence-corrected chi connectivity index (χ3v) is 2.25. The Hall–Kier alpha value is -0.950. The molecule has 0 bridgehead atoms. The lowest BCUT2D eigenvalue weighted by molar-refractivity contribution is 0.0820. The second-order valence-electron chi connectivity index (χ2n) is 3.07. The number of hydrogen-bond donors (Lipinski definition) is 2. The molecule has 0 saturated heterocycles. The smallest absolute Gasteiger partial charge is 0.164 e. The summed E-state index contributed by atoms with van der Waals surface area (Å²) >= 11 is 5.80. The third kappa shape index (κ3) is 2.41. The van der Waals surface area contributed by atoms with E-state index in [1.807, 2.05) is 0 Å². The quantitative estimate of drug-likeness (QED) is 0.777. The van der Waals surface area contributed by atoms with E-state index in [4.69, 9.17) is 16.7 Å². The minimum absolute atomic E-state index is 0. The van der Waals surface area contributed by atoms with Crippen molar-refractivity contribution in [1.29, 1.82) is 0 Å². The first-order valence-corrected chi connectivity index (χ1v) is 4.70. The molecule has 1 atom stereocenters. The van der Waals surface area contributed by atoms with Gasteiger partial charge in [0.05, 0.1) is 25.6 Å². The van der Waals surface area contributed by atoms with Gasteiger partial charge in [-0.3, -0.25) is 0 Å². The minimum Gasteiger partial charge on any atom is -0.394 e. The molecular weight excluding hydrogens is 255 g/mol. The zero-order valence-corrected chi connectivity index (χ0v) is 9.69. The summed E-state index contributed by atoms with van der Waals surface area (Å²) < 4.78 is 1.61. The van der Waals surface area contributed by atoms with Crippen LogP contribution in [0.3, 0.4) is 0 Å². The molecule has 2 aromatic heterocycles. The lowest BCUT2D eigenvalue weighted by atomic mass is 10.4. The van der Waals surface area contributed by atoms with Gasteiger partial charge in [0, 0.05) is 0 Å². The number of rotatable bonds is 3. The fourth-order valence-corrected chi connectivity index (χ4v) is 1.45. The Balaban J connectivity index is 0.00000128. The number of fused-ring (bicyclic) bond motifs is 1. The number of nitrogens with zero attached hydrogens (tertiary/aromatic N) is 4. The average Bonchev–Trinajstić information content (AvgIpc) is 2.63. The van der Waals surface area contributed by atoms with Gasteiger partial charge in [0.15, 0.2) is 10.8 Å². The van der Waals surface area contributed by atoms with Gasteiger partial charge in [-0.1, -0.05) is 11.6 Å². The molecule has 0 fully saturated rings. The highest BCUT2D eigenvalue weighted by Crippen LogP contribution is 2.16. The summed E-state index contributed by atoms with van der Waals surface area (Å²) in [6, 6.07) is 0. The van der Waals surface area contributed by atoms with E-state index in [0.29, 0.717) is 11.2 Å². The van der Waals surface area contributed by atoms with Crippen molar-refractivity contribution in [1.82, 2.24) is 19.5 Å². The van der Waals surface area contributed by atoms with Crippen molar-refractivity contribution in [2.24, 2.45) is 0 Å². The highest BCUT2D eigenvalue weighted by molar-refractivity contribution is 6.33. The van der Waals surface area contributed by atoms with Gasteiger partial charge in [0.1, 0.15) is 11.8 Å². The van der Waals surface area contributed by atoms with Crippen molar-refractivity contribution in [3.8, 4) is 0 Å². The molecule has 2 heterocycles. The van der Waals surface area contributed by atoms with Gasteiger partial charge >= 0.3 is 0 Å². The predicted octanol–water partition coefficient (Wildman–Crippen LogP) is 0.255. The minimum atomic E-state index is -0.837. The van der Waals surface area contributed by atoms with Crippen LogP contribution in [0.2, 0.25) is 5.15 Å². The summed E-state index contributed by atoms with van der Waals surface area (Å²) in [5.74, 6) is 0. The molecule has 8 heteroatoms. The van der Waals surface area contributed by atoms with Gasteiger partial charge in [-0.2, -0.15) is 0 Å². The van der Waals surface area contributed by atoms with Gasteiger partial charge in [-0.15, -0.1) is 12.4 Å². The summed E-state index contributed by atoms with van der Waals surface area (Å²) in [4.78, 5) is 11.8. The van der Waals surface area contributed by atoms with Gasteiger partial charge in [-0.25, -0.2) is 15.0 Å². The number of halogens is 2. The van der Waals surface area contributed by atoms with Gasteiger partial charge in [0.25, 0.3) is 0 Å². The molecule has 0 spiro atoms. The van der Waals surface area contributed by atoms with Crippen molar-refractivity contribution >= 4 is 35.2 Å². The van der Waals surface area contributed by atoms with E-state index in [0.717, 1.165) is 0 Å². The molecule has 0 aromatic carbocycles. The maximum atomic E-state index is 9.28. The van der Waals surface area contributed by atoms with Crippen LogP contribution in [0.15, 0.2) is 12.7 Å². The monoisotopic (exact) mass is 264 g/mol. The molecule has 6 nitrogen and oxygen atoms in total. The van der Waals surface area contributed by atoms with Crippen LogP contribution in [0.5, 0.6) is 0 Å². The molecule has 0 radical (unpaired) electrons. The first kappa shape index (κ1) is 13.1. The Morgan fingerprint density at radius 2 is 2.12 bits per heavy atom. The van der Waals surface area contributed by atoms with E-state index in [9.17, 15) is 5.11 Å². The maximum absolute atomic E-state index is 9.28. The SMILES string of the molecule is Cl.OCC(O)Cn1cnc2c(Cl)ncnc21. The van der Waals surface area contributed by atoms with Crippen molar-refractivity contribution < 1.29 is 10.2 Å². The summed E-state index contributed by atoms with van der Waals surface area (Å²) in [5, 5.41) is 18.3. The molecule has 0 aliphatic carbocycles. The number of aliphatic hydroxyl groups excluding tert-OH is 2. The fraction of sp³-hybridized carbons (Fsp3) is 0.375. The second-order valence-corrected chi connectivity index (χ2v) is 3.43. The Labute approximate surface area is 102 Å². The molecule has 0 aliphatic rings. The van der Waals surface area contributed by atoms with E-state index >= 15 is 0 Å². The van der Waals surface area contributed by atoms with Crippen LogP contribution >= 0.6 is 24.0 Å². The molecule has 2 aromatic rings. The summed E-state index contributed by atoms with van der Waals surface area (Å²) in [5.41, 5.74) is 1.03. The molecule has 0 amide bonds. The van der Waals surface area contributed by atoms with E-state index in [-0.39, 0.29) is 30.7 Å². The highest BCUT2D eigenvalue weighted by atomic mass is 35.5. The van der Waals surface area contributed by atoms with Crippen LogP contribution in [-0.4, -0.2) is 42.4 Å². The van der Waals surface area contributed by atoms with Gasteiger partial charge < -0.3 is 14.8 Å². The molecule has 0 saturated carbocycles. The Kier molecular flexibility index (Phi) is 4.43. The van der Waals surface area contributed by atoms with Crippen molar-refractivity contribution in [3.05, 3.63) is 17.8 Å². The van der Waals surface area contributed by atoms with Crippen LogP contribution < -0.4 is 0 Å². The van der Waals surface area contributed by atoms with E-state index < -0.39 is 6.10 Å². The third-order valence-electron chi connectivity index (χ3n) is 1.97. The zero-order chi connectivity index (χ0) is 10.8. The van der Waals surface area contributed by atoms with Crippen LogP contribution in [0.25, 0.3) is 11.2 Å². The van der Waals surface area contributed by atoms with Crippen molar-refractivity contribution in [2.75, 3.05) is 6.61 Å². The van der Waals surface area contributed by atoms with Crippen LogP contribution in [0.4, 0.5) is 0 Å². The summed E-state index contributed by atoms with van der Waals surface area (Å²) in [6.07, 6.45) is 1.99. The molecule has 0 aliphatic heterocycles. The lowest BCUT2D eigenvalue weighted by Crippen LogP contribution is -2.19. The predicted molar refractivity (Wildman–Crippen MR) is 60.7 cm³/mol. The zero-order valence-electron chi connectivity index (χ0n) is 8.12. The van der Waals surface area contributed by atoms with Gasteiger partial charge in [-0.05, 0) is 0 Å². The normalized spacial score (nSPS) is 12.4. The average molecular weight is 265 g/mol. The fourth-order valence-electron chi connectivity index (χ4n) is 1.27. The summed E-state index contributed by atoms with van der Waals surface area (Å²) in [7, 11) is 0. The Morgan fingerprint density at radius 3 is 2.81 bits per heavy atom. The van der Waals surface area contributed by atoms with Crippen LogP contribution in [0.1, 0.15) is 0 Å². The van der Waals surface area contributed by atoms with Crippen LogP contribution in [0, 0.1) is 0 Å². The van der Waals surface area contributed by atoms with Crippen molar-refractivity contribution in [2.45, 2.75) is 12.6 Å².